The van der Waals surface area contributed by atoms with E-state index in [1.54, 1.807) is 7.11 Å². The summed E-state index contributed by atoms with van der Waals surface area (Å²) in [5.74, 6) is 0.683. The minimum absolute atomic E-state index is 0.132. The Morgan fingerprint density at radius 3 is 2.62 bits per heavy atom. The average molecular weight is 350 g/mol. The van der Waals surface area contributed by atoms with E-state index in [4.69, 9.17) is 14.5 Å². The average Bonchev–Trinajstić information content (AvgIpc) is 2.68. The number of hydrogen-bond donors (Lipinski definition) is 1. The lowest BCUT2D eigenvalue weighted by molar-refractivity contribution is 0.0938. The smallest absolute Gasteiger partial charge is 0.252 e. The quantitative estimate of drug-likeness (QED) is 0.661. The fourth-order valence-corrected chi connectivity index (χ4v) is 2.76. The third-order valence-corrected chi connectivity index (χ3v) is 4.01. The van der Waals surface area contributed by atoms with Crippen LogP contribution in [0.3, 0.4) is 0 Å². The Morgan fingerprint density at radius 1 is 1.12 bits per heavy atom. The van der Waals surface area contributed by atoms with Crippen molar-refractivity contribution < 1.29 is 14.3 Å². The third-order valence-electron chi connectivity index (χ3n) is 4.01. The molecule has 0 saturated heterocycles. The second kappa shape index (κ2) is 8.45. The van der Waals surface area contributed by atoms with Crippen LogP contribution in [0.15, 0.2) is 54.6 Å². The van der Waals surface area contributed by atoms with Crippen molar-refractivity contribution in [3.63, 3.8) is 0 Å². The lowest BCUT2D eigenvalue weighted by Gasteiger charge is -2.11. The molecule has 0 atom stereocenters. The van der Waals surface area contributed by atoms with Crippen LogP contribution >= 0.6 is 0 Å². The van der Waals surface area contributed by atoms with Crippen molar-refractivity contribution >= 4 is 16.8 Å². The van der Waals surface area contributed by atoms with Crippen molar-refractivity contribution in [2.75, 3.05) is 26.9 Å². The molecule has 134 valence electrons. The van der Waals surface area contributed by atoms with Crippen molar-refractivity contribution in [2.24, 2.45) is 0 Å². The van der Waals surface area contributed by atoms with Crippen LogP contribution in [-0.2, 0) is 4.74 Å². The number of aromatic nitrogens is 1. The third kappa shape index (κ3) is 4.00. The summed E-state index contributed by atoms with van der Waals surface area (Å²) in [6.07, 6.45) is 0. The van der Waals surface area contributed by atoms with E-state index in [-0.39, 0.29) is 5.91 Å². The van der Waals surface area contributed by atoms with Crippen molar-refractivity contribution in [1.29, 1.82) is 0 Å². The topological polar surface area (TPSA) is 60.5 Å². The van der Waals surface area contributed by atoms with Crippen molar-refractivity contribution in [3.05, 3.63) is 60.2 Å². The van der Waals surface area contributed by atoms with E-state index in [2.05, 4.69) is 5.32 Å². The molecule has 5 nitrogen and oxygen atoms in total. The van der Waals surface area contributed by atoms with Gasteiger partial charge in [0, 0.05) is 24.6 Å². The fourth-order valence-electron chi connectivity index (χ4n) is 2.76. The minimum atomic E-state index is -0.132. The number of para-hydroxylation sites is 1. The molecule has 1 N–H and O–H groups in total. The fraction of sp³-hybridized carbons (Fsp3) is 0.238. The lowest BCUT2D eigenvalue weighted by atomic mass is 10.0. The van der Waals surface area contributed by atoms with Crippen LogP contribution in [0.1, 0.15) is 17.3 Å². The molecule has 1 aromatic heterocycles. The number of amides is 1. The summed E-state index contributed by atoms with van der Waals surface area (Å²) in [5, 5.41) is 3.72. The molecule has 5 heteroatoms. The summed E-state index contributed by atoms with van der Waals surface area (Å²) in [7, 11) is 1.61. The zero-order chi connectivity index (χ0) is 18.4. The monoisotopic (exact) mass is 350 g/mol. The number of ether oxygens (including phenoxy) is 2. The van der Waals surface area contributed by atoms with E-state index < -0.39 is 0 Å². The largest absolute Gasteiger partial charge is 0.494 e. The number of benzene rings is 2. The van der Waals surface area contributed by atoms with Crippen molar-refractivity contribution in [3.8, 4) is 17.0 Å². The number of pyridine rings is 1. The molecular weight excluding hydrogens is 328 g/mol. The summed E-state index contributed by atoms with van der Waals surface area (Å²) in [6, 6.07) is 17.2. The van der Waals surface area contributed by atoms with Gasteiger partial charge in [-0.05, 0) is 43.3 Å². The van der Waals surface area contributed by atoms with Crippen LogP contribution in [0, 0.1) is 0 Å². The lowest BCUT2D eigenvalue weighted by Crippen LogP contribution is -2.27. The summed E-state index contributed by atoms with van der Waals surface area (Å²) in [4.78, 5) is 17.4. The van der Waals surface area contributed by atoms with Gasteiger partial charge in [-0.1, -0.05) is 18.2 Å². The maximum atomic E-state index is 12.6. The highest BCUT2D eigenvalue weighted by atomic mass is 16.5. The van der Waals surface area contributed by atoms with E-state index >= 15 is 0 Å². The first kappa shape index (κ1) is 17.9. The number of carbonyl (C=O) groups is 1. The molecule has 3 aromatic rings. The van der Waals surface area contributed by atoms with Gasteiger partial charge in [-0.2, -0.15) is 0 Å². The van der Waals surface area contributed by atoms with E-state index in [0.717, 1.165) is 27.9 Å². The standard InChI is InChI=1S/C21H22N2O3/c1-3-26-16-10-8-15(9-11-16)20-14-18(21(24)22-12-13-25-2)17-6-4-5-7-19(17)23-20/h4-11,14H,3,12-13H2,1-2H3,(H,22,24). The molecule has 0 saturated carbocycles. The van der Waals surface area contributed by atoms with Crippen molar-refractivity contribution in [2.45, 2.75) is 6.92 Å². The first-order valence-electron chi connectivity index (χ1n) is 8.63. The van der Waals surface area contributed by atoms with Crippen LogP contribution in [0.25, 0.3) is 22.2 Å². The number of rotatable bonds is 7. The Kier molecular flexibility index (Phi) is 5.81. The normalized spacial score (nSPS) is 10.7. The molecule has 1 amide bonds. The zero-order valence-corrected chi connectivity index (χ0v) is 15.0. The summed E-state index contributed by atoms with van der Waals surface area (Å²) >= 11 is 0. The number of fused-ring (bicyclic) bond motifs is 1. The zero-order valence-electron chi connectivity index (χ0n) is 15.0. The molecule has 26 heavy (non-hydrogen) atoms. The number of nitrogens with one attached hydrogen (secondary N) is 1. The number of hydrogen-bond acceptors (Lipinski definition) is 4. The predicted octanol–water partition coefficient (Wildman–Crippen LogP) is 3.68. The molecular formula is C21H22N2O3. The molecule has 0 bridgehead atoms. The van der Waals surface area contributed by atoms with Gasteiger partial charge in [0.1, 0.15) is 5.75 Å². The molecule has 0 radical (unpaired) electrons. The maximum Gasteiger partial charge on any atom is 0.252 e. The minimum Gasteiger partial charge on any atom is -0.494 e. The van der Waals surface area contributed by atoms with Gasteiger partial charge in [0.05, 0.1) is 30.0 Å². The van der Waals surface area contributed by atoms with E-state index in [1.165, 1.54) is 0 Å². The molecule has 0 aliphatic heterocycles. The van der Waals surface area contributed by atoms with Crippen molar-refractivity contribution in [1.82, 2.24) is 10.3 Å². The molecule has 0 aliphatic carbocycles. The van der Waals surface area contributed by atoms with Crippen LogP contribution in [-0.4, -0.2) is 37.8 Å². The highest BCUT2D eigenvalue weighted by molar-refractivity contribution is 6.07. The first-order chi connectivity index (χ1) is 12.7. The number of nitrogens with zero attached hydrogens (tertiary/aromatic N) is 1. The van der Waals surface area contributed by atoms with Crippen LogP contribution < -0.4 is 10.1 Å². The SMILES string of the molecule is CCOc1ccc(-c2cc(C(=O)NCCOC)c3ccccc3n2)cc1. The molecule has 1 heterocycles. The molecule has 0 fully saturated rings. The van der Waals surface area contributed by atoms with Gasteiger partial charge in [-0.15, -0.1) is 0 Å². The second-order valence-corrected chi connectivity index (χ2v) is 5.78. The molecule has 3 rings (SSSR count). The van der Waals surface area contributed by atoms with E-state index in [0.29, 0.717) is 25.3 Å². The summed E-state index contributed by atoms with van der Waals surface area (Å²) in [5.41, 5.74) is 3.08. The molecule has 2 aromatic carbocycles. The molecule has 0 spiro atoms. The molecule has 0 aliphatic rings. The van der Waals surface area contributed by atoms with Crippen LogP contribution in [0.5, 0.6) is 5.75 Å². The highest BCUT2D eigenvalue weighted by Crippen LogP contribution is 2.26. The van der Waals surface area contributed by atoms with Gasteiger partial charge in [0.2, 0.25) is 0 Å². The van der Waals surface area contributed by atoms with Gasteiger partial charge in [0.25, 0.3) is 5.91 Å². The Labute approximate surface area is 153 Å². The van der Waals surface area contributed by atoms with E-state index in [9.17, 15) is 4.79 Å². The molecule has 0 unspecified atom stereocenters. The summed E-state index contributed by atoms with van der Waals surface area (Å²) < 4.78 is 10.5. The Hall–Kier alpha value is -2.92. The van der Waals surface area contributed by atoms with Gasteiger partial charge >= 0.3 is 0 Å². The predicted molar refractivity (Wildman–Crippen MR) is 103 cm³/mol. The van der Waals surface area contributed by atoms with Gasteiger partial charge in [-0.3, -0.25) is 4.79 Å². The Balaban J connectivity index is 1.99. The van der Waals surface area contributed by atoms with Gasteiger partial charge in [0.15, 0.2) is 0 Å². The Bertz CT molecular complexity index is 891. The van der Waals surface area contributed by atoms with Gasteiger partial charge in [-0.25, -0.2) is 4.98 Å². The maximum absolute atomic E-state index is 12.6. The number of carbonyl (C=O) groups excluding carboxylic acids is 1. The van der Waals surface area contributed by atoms with Crippen LogP contribution in [0.4, 0.5) is 0 Å². The number of methoxy groups -OCH3 is 1. The Morgan fingerprint density at radius 2 is 1.88 bits per heavy atom. The van der Waals surface area contributed by atoms with Gasteiger partial charge < -0.3 is 14.8 Å². The van der Waals surface area contributed by atoms with Crippen LogP contribution in [0.2, 0.25) is 0 Å². The first-order valence-corrected chi connectivity index (χ1v) is 8.63. The summed E-state index contributed by atoms with van der Waals surface area (Å²) in [6.45, 7) is 3.51. The highest BCUT2D eigenvalue weighted by Gasteiger charge is 2.13. The van der Waals surface area contributed by atoms with E-state index in [1.807, 2.05) is 61.5 Å². The second-order valence-electron chi connectivity index (χ2n) is 5.78.